The number of aliphatic hydroxyl groups excluding tert-OH is 1. The molecule has 10 heteroatoms. The Kier molecular flexibility index (Phi) is 8.04. The number of aromatic nitrogens is 2. The van der Waals surface area contributed by atoms with Crippen LogP contribution in [0.3, 0.4) is 0 Å². The minimum atomic E-state index is -0.755. The van der Waals surface area contributed by atoms with Crippen molar-refractivity contribution in [2.24, 2.45) is 7.05 Å². The number of hydrogen-bond donors (Lipinski definition) is 3. The van der Waals surface area contributed by atoms with Crippen molar-refractivity contribution in [2.45, 2.75) is 63.1 Å². The van der Waals surface area contributed by atoms with Gasteiger partial charge in [0.15, 0.2) is 0 Å². The van der Waals surface area contributed by atoms with Crippen molar-refractivity contribution in [2.75, 3.05) is 19.8 Å². The van der Waals surface area contributed by atoms with Gasteiger partial charge in [0.25, 0.3) is 11.8 Å². The third kappa shape index (κ3) is 6.00. The van der Waals surface area contributed by atoms with E-state index in [1.807, 2.05) is 36.2 Å². The first-order valence-electron chi connectivity index (χ1n) is 14.4. The van der Waals surface area contributed by atoms with E-state index < -0.39 is 6.10 Å². The van der Waals surface area contributed by atoms with Crippen molar-refractivity contribution in [3.8, 4) is 5.75 Å². The summed E-state index contributed by atoms with van der Waals surface area (Å²) in [4.78, 5) is 28.0. The summed E-state index contributed by atoms with van der Waals surface area (Å²) in [7, 11) is 1.89. The normalized spacial score (nSPS) is 22.5. The first-order chi connectivity index (χ1) is 20.0. The van der Waals surface area contributed by atoms with Crippen LogP contribution >= 0.6 is 0 Å². The van der Waals surface area contributed by atoms with Gasteiger partial charge in [0.05, 0.1) is 37.1 Å². The van der Waals surface area contributed by atoms with Gasteiger partial charge in [-0.05, 0) is 79.3 Å². The van der Waals surface area contributed by atoms with Crippen LogP contribution in [0.2, 0.25) is 0 Å². The van der Waals surface area contributed by atoms with Crippen LogP contribution in [-0.4, -0.2) is 75.6 Å². The van der Waals surface area contributed by atoms with E-state index in [0.29, 0.717) is 43.9 Å². The highest BCUT2D eigenvalue weighted by Crippen LogP contribution is 2.29. The number of carbonyl (C=O) groups is 2. The lowest BCUT2D eigenvalue weighted by atomic mass is 9.92. The molecule has 3 N–H and O–H groups in total. The number of nitrogens with zero attached hydrogens (tertiary/aromatic N) is 3. The number of benzene rings is 2. The fraction of sp³-hybridized carbons (Fsp3) is 0.452. The first-order valence-corrected chi connectivity index (χ1v) is 14.4. The molecule has 6 rings (SSSR count). The molecule has 216 valence electrons. The van der Waals surface area contributed by atoms with Gasteiger partial charge < -0.3 is 30.1 Å². The Bertz CT molecular complexity index is 1370. The molecule has 0 radical (unpaired) electrons. The molecule has 4 atom stereocenters. The molecule has 2 amide bonds. The molecule has 1 aromatic heterocycles. The molecule has 4 heterocycles. The lowest BCUT2D eigenvalue weighted by molar-refractivity contribution is -0.0565. The third-order valence-corrected chi connectivity index (χ3v) is 8.53. The lowest BCUT2D eigenvalue weighted by Gasteiger charge is -2.45. The van der Waals surface area contributed by atoms with E-state index in [2.05, 4.69) is 15.7 Å². The van der Waals surface area contributed by atoms with Crippen molar-refractivity contribution in [1.29, 1.82) is 0 Å². The minimum absolute atomic E-state index is 0.00104. The van der Waals surface area contributed by atoms with E-state index in [9.17, 15) is 14.7 Å². The van der Waals surface area contributed by atoms with Gasteiger partial charge in [0, 0.05) is 43.5 Å². The maximum absolute atomic E-state index is 13.2. The summed E-state index contributed by atoms with van der Waals surface area (Å²) in [5, 5.41) is 21.2. The molecule has 3 aromatic rings. The number of piperidine rings is 1. The van der Waals surface area contributed by atoms with Crippen molar-refractivity contribution in [3.63, 3.8) is 0 Å². The summed E-state index contributed by atoms with van der Waals surface area (Å²) in [5.41, 5.74) is 4.31. The van der Waals surface area contributed by atoms with Crippen LogP contribution in [0, 0.1) is 0 Å². The van der Waals surface area contributed by atoms with Crippen LogP contribution in [0.5, 0.6) is 5.75 Å². The van der Waals surface area contributed by atoms with Gasteiger partial charge in [-0.3, -0.25) is 14.3 Å². The maximum atomic E-state index is 13.2. The second-order valence-corrected chi connectivity index (χ2v) is 11.2. The third-order valence-electron chi connectivity index (χ3n) is 8.53. The summed E-state index contributed by atoms with van der Waals surface area (Å²) < 4.78 is 13.4. The Morgan fingerprint density at radius 2 is 1.85 bits per heavy atom. The second kappa shape index (κ2) is 12.0. The zero-order valence-electron chi connectivity index (χ0n) is 23.3. The lowest BCUT2D eigenvalue weighted by Crippen LogP contribution is -2.57. The standard InChI is InChI=1S/C31H37N5O5/c1-35-24(11-12-34-35)19-41-27-10-9-22-14-28(32-15-23(22)13-27)29(37)16-33-30(38)20-5-7-21(8-6-20)31(39)36-25-3-2-4-26(36)18-40-17-25/h5-13,25-26,28-29,32,37H,2-4,14-19H2,1H3,(H,33,38)/t25?,26?,28-,29?/m0/s1. The van der Waals surface area contributed by atoms with Crippen molar-refractivity contribution >= 4 is 11.8 Å². The highest BCUT2D eigenvalue weighted by Gasteiger charge is 2.38. The van der Waals surface area contributed by atoms with Crippen LogP contribution in [-0.2, 0) is 31.4 Å². The Hall–Kier alpha value is -3.73. The number of nitrogens with one attached hydrogen (secondary N) is 2. The van der Waals surface area contributed by atoms with Crippen molar-refractivity contribution in [3.05, 3.63) is 82.7 Å². The van der Waals surface area contributed by atoms with Gasteiger partial charge in [0.2, 0.25) is 0 Å². The van der Waals surface area contributed by atoms with E-state index in [0.717, 1.165) is 41.8 Å². The summed E-state index contributed by atoms with van der Waals surface area (Å²) in [6, 6.07) is 14.8. The number of ether oxygens (including phenoxy) is 2. The molecule has 0 aliphatic carbocycles. The van der Waals surface area contributed by atoms with E-state index in [-0.39, 0.29) is 36.5 Å². The van der Waals surface area contributed by atoms with E-state index in [1.54, 1.807) is 35.1 Å². The molecule has 2 bridgehead atoms. The van der Waals surface area contributed by atoms with Gasteiger partial charge >= 0.3 is 0 Å². The van der Waals surface area contributed by atoms with Crippen LogP contribution in [0.25, 0.3) is 0 Å². The number of amides is 2. The largest absolute Gasteiger partial charge is 0.487 e. The topological polar surface area (TPSA) is 118 Å². The zero-order valence-corrected chi connectivity index (χ0v) is 23.3. The number of fused-ring (bicyclic) bond motifs is 3. The van der Waals surface area contributed by atoms with Crippen LogP contribution in [0.15, 0.2) is 54.7 Å². The average molecular weight is 560 g/mol. The molecule has 2 aromatic carbocycles. The summed E-state index contributed by atoms with van der Waals surface area (Å²) in [5.74, 6) is 0.511. The highest BCUT2D eigenvalue weighted by atomic mass is 16.5. The molecule has 3 aliphatic rings. The first kappa shape index (κ1) is 27.4. The van der Waals surface area contributed by atoms with Crippen molar-refractivity contribution < 1.29 is 24.2 Å². The molecular formula is C31H37N5O5. The Morgan fingerprint density at radius 3 is 2.59 bits per heavy atom. The Balaban J connectivity index is 0.993. The number of carbonyl (C=O) groups excluding carboxylic acids is 2. The van der Waals surface area contributed by atoms with Gasteiger partial charge in [-0.1, -0.05) is 6.07 Å². The number of aryl methyl sites for hydroxylation is 1. The molecule has 41 heavy (non-hydrogen) atoms. The molecule has 2 fully saturated rings. The number of aliphatic hydroxyl groups is 1. The Labute approximate surface area is 239 Å². The monoisotopic (exact) mass is 559 g/mol. The Morgan fingerprint density at radius 1 is 1.10 bits per heavy atom. The predicted molar refractivity (Wildman–Crippen MR) is 152 cm³/mol. The van der Waals surface area contributed by atoms with Crippen molar-refractivity contribution in [1.82, 2.24) is 25.3 Å². The van der Waals surface area contributed by atoms with Crippen LogP contribution < -0.4 is 15.4 Å². The van der Waals surface area contributed by atoms with E-state index in [4.69, 9.17) is 9.47 Å². The maximum Gasteiger partial charge on any atom is 0.254 e. The molecule has 2 saturated heterocycles. The van der Waals surface area contributed by atoms with E-state index >= 15 is 0 Å². The molecular weight excluding hydrogens is 522 g/mol. The number of hydrogen-bond acceptors (Lipinski definition) is 7. The fourth-order valence-electron chi connectivity index (χ4n) is 6.10. The molecule has 0 spiro atoms. The average Bonchev–Trinajstić information content (AvgIpc) is 3.41. The molecule has 0 saturated carbocycles. The summed E-state index contributed by atoms with van der Waals surface area (Å²) in [6.45, 7) is 2.35. The fourth-order valence-corrected chi connectivity index (χ4v) is 6.10. The smallest absolute Gasteiger partial charge is 0.254 e. The molecule has 3 unspecified atom stereocenters. The highest BCUT2D eigenvalue weighted by molar-refractivity contribution is 5.98. The number of morpholine rings is 1. The minimum Gasteiger partial charge on any atom is -0.487 e. The van der Waals surface area contributed by atoms with Gasteiger partial charge in [-0.15, -0.1) is 0 Å². The SMILES string of the molecule is Cn1nccc1COc1ccc2c(c1)CN[C@H](C(O)CNC(=O)c1ccc(C(=O)N3C4CCCC3COC4)cc1)C2. The van der Waals surface area contributed by atoms with Gasteiger partial charge in [-0.2, -0.15) is 5.10 Å². The van der Waals surface area contributed by atoms with Crippen LogP contribution in [0.4, 0.5) is 0 Å². The number of rotatable bonds is 8. The second-order valence-electron chi connectivity index (χ2n) is 11.2. The van der Waals surface area contributed by atoms with Crippen LogP contribution in [0.1, 0.15) is 56.8 Å². The predicted octanol–water partition coefficient (Wildman–Crippen LogP) is 2.20. The molecule has 10 nitrogen and oxygen atoms in total. The summed E-state index contributed by atoms with van der Waals surface area (Å²) in [6.07, 6.45) is 4.70. The van der Waals surface area contributed by atoms with Gasteiger partial charge in [0.1, 0.15) is 12.4 Å². The zero-order chi connectivity index (χ0) is 28.3. The summed E-state index contributed by atoms with van der Waals surface area (Å²) >= 11 is 0. The molecule has 3 aliphatic heterocycles. The van der Waals surface area contributed by atoms with E-state index in [1.165, 1.54) is 0 Å². The van der Waals surface area contributed by atoms with Gasteiger partial charge in [-0.25, -0.2) is 0 Å². The quantitative estimate of drug-likeness (QED) is 0.387.